The Morgan fingerprint density at radius 2 is 1.26 bits per heavy atom. The third-order valence-electron chi connectivity index (χ3n) is 12.4. The van der Waals surface area contributed by atoms with E-state index in [2.05, 4.69) is 205 Å². The van der Waals surface area contributed by atoms with E-state index in [0.717, 1.165) is 56.6 Å². The number of nitrogens with zero attached hydrogens (tertiary/aromatic N) is 2. The SMILES string of the molecule is CC(C)(C)Cc1cc(-c2[c-]cccc2)nc[c]1[Ge]([CH3])([CH3])[CH3].CC(C)(C)c1cc(-c2ccccc2)c(C2C(c3[c-]ccc4c3oc3ccccc34)=Nc3ccccc32)c(-c2ccccc2)c1.[Ir]. The van der Waals surface area contributed by atoms with Gasteiger partial charge in [0.15, 0.2) is 0 Å². The van der Waals surface area contributed by atoms with Crippen molar-refractivity contribution in [3.8, 4) is 33.5 Å². The van der Waals surface area contributed by atoms with Crippen LogP contribution in [0.25, 0.3) is 55.4 Å². The van der Waals surface area contributed by atoms with Gasteiger partial charge in [0, 0.05) is 31.4 Å². The summed E-state index contributed by atoms with van der Waals surface area (Å²) >= 11 is -1.90. The molecule has 0 saturated heterocycles. The van der Waals surface area contributed by atoms with E-state index in [9.17, 15) is 0 Å². The second kappa shape index (κ2) is 18.9. The van der Waals surface area contributed by atoms with Crippen molar-refractivity contribution in [2.45, 2.75) is 76.6 Å². The molecule has 1 radical (unpaired) electrons. The Balaban J connectivity index is 0.000000228. The summed E-state index contributed by atoms with van der Waals surface area (Å²) in [6.45, 7) is 13.8. The monoisotopic (exact) mass is 1100 g/mol. The molecule has 3 heterocycles. The summed E-state index contributed by atoms with van der Waals surface area (Å²) in [6, 6.07) is 64.6. The quantitative estimate of drug-likeness (QED) is 0.118. The predicted octanol–water partition coefficient (Wildman–Crippen LogP) is 16.0. The van der Waals surface area contributed by atoms with Gasteiger partial charge in [-0.2, -0.15) is 0 Å². The molecule has 7 aromatic carbocycles. The molecule has 5 heteroatoms. The first-order valence-electron chi connectivity index (χ1n) is 22.9. The van der Waals surface area contributed by atoms with Gasteiger partial charge in [-0.25, -0.2) is 0 Å². The van der Waals surface area contributed by atoms with Crippen molar-refractivity contribution < 1.29 is 24.5 Å². The fourth-order valence-electron chi connectivity index (χ4n) is 9.25. The third kappa shape index (κ3) is 9.74. The number of aliphatic imine (C=N–C) groups is 1. The van der Waals surface area contributed by atoms with Gasteiger partial charge in [0.2, 0.25) is 0 Å². The van der Waals surface area contributed by atoms with E-state index in [0.29, 0.717) is 5.41 Å². The molecule has 0 saturated carbocycles. The minimum Gasteiger partial charge on any atom is -0.501 e. The minimum absolute atomic E-state index is 0. The molecule has 66 heavy (non-hydrogen) atoms. The molecule has 9 aromatic rings. The molecule has 0 amide bonds. The van der Waals surface area contributed by atoms with Crippen LogP contribution in [-0.4, -0.2) is 24.0 Å². The van der Waals surface area contributed by atoms with Gasteiger partial charge in [-0.05, 0) is 62.2 Å². The standard InChI is InChI=1S/C42H32NO.C19H26GeN.Ir/c1-42(2,3)29-25-34(27-15-6-4-7-16-27)38(35(26-29)28-17-8-5-9-18-28)39-32-20-10-12-23-36(32)43-40(39)33-22-14-21-31-30-19-11-13-24-37(30)44-41(31)33;1-19(2,3)13-16-12-18(15-10-8-7-9-11-15)21-14-17(16)20(4,5)6;/h4-21,23-26,39H,1-3H3;7-10,12,14H,13H2,1-6H3;/q2*-1;. The normalized spacial score (nSPS) is 13.7. The van der Waals surface area contributed by atoms with Gasteiger partial charge in [-0.1, -0.05) is 141 Å². The van der Waals surface area contributed by atoms with Crippen molar-refractivity contribution in [2.75, 3.05) is 0 Å². The van der Waals surface area contributed by atoms with Gasteiger partial charge in [-0.15, -0.1) is 18.2 Å². The first kappa shape index (κ1) is 46.9. The first-order chi connectivity index (χ1) is 31.1. The molecule has 1 aliphatic heterocycles. The molecule has 0 bridgehead atoms. The van der Waals surface area contributed by atoms with E-state index in [4.69, 9.17) is 14.4 Å². The van der Waals surface area contributed by atoms with E-state index >= 15 is 0 Å². The van der Waals surface area contributed by atoms with Crippen LogP contribution in [0.1, 0.15) is 75.3 Å². The van der Waals surface area contributed by atoms with Gasteiger partial charge in [0.05, 0.1) is 11.3 Å². The molecule has 2 aromatic heterocycles. The zero-order valence-corrected chi connectivity index (χ0v) is 44.1. The Bertz CT molecular complexity index is 3110. The average molecular weight is 1100 g/mol. The second-order valence-electron chi connectivity index (χ2n) is 20.6. The zero-order valence-electron chi connectivity index (χ0n) is 39.6. The van der Waals surface area contributed by atoms with Gasteiger partial charge >= 0.3 is 132 Å². The number of hydrogen-bond acceptors (Lipinski definition) is 3. The predicted molar refractivity (Wildman–Crippen MR) is 278 cm³/mol. The molecule has 0 N–H and O–H groups in total. The van der Waals surface area contributed by atoms with Crippen molar-refractivity contribution in [1.82, 2.24) is 4.98 Å². The molecule has 1 aliphatic rings. The van der Waals surface area contributed by atoms with Crippen LogP contribution < -0.4 is 4.40 Å². The minimum atomic E-state index is -1.90. The first-order valence-corrected chi connectivity index (χ1v) is 30.2. The largest absolute Gasteiger partial charge is 0.501 e. The summed E-state index contributed by atoms with van der Waals surface area (Å²) < 4.78 is 8.09. The van der Waals surface area contributed by atoms with Crippen molar-refractivity contribution in [1.29, 1.82) is 0 Å². The van der Waals surface area contributed by atoms with Gasteiger partial charge in [0.25, 0.3) is 0 Å². The summed E-state index contributed by atoms with van der Waals surface area (Å²) in [7, 11) is 0. The number of hydrogen-bond donors (Lipinski definition) is 0. The molecule has 10 rings (SSSR count). The van der Waals surface area contributed by atoms with Crippen molar-refractivity contribution in [3.05, 3.63) is 210 Å². The van der Waals surface area contributed by atoms with Crippen LogP contribution in [0.2, 0.25) is 17.3 Å². The molecule has 1 unspecified atom stereocenters. The molecule has 333 valence electrons. The molecular weight excluding hydrogens is 1040 g/mol. The van der Waals surface area contributed by atoms with Gasteiger partial charge in [-0.3, -0.25) is 4.99 Å². The molecule has 3 nitrogen and oxygen atoms in total. The van der Waals surface area contributed by atoms with Crippen LogP contribution >= 0.6 is 0 Å². The topological polar surface area (TPSA) is 38.4 Å². The molecule has 0 aliphatic carbocycles. The van der Waals surface area contributed by atoms with Crippen molar-refractivity contribution >= 4 is 51.0 Å². The average Bonchev–Trinajstić information content (AvgIpc) is 3.87. The maximum Gasteiger partial charge on any atom is 0.120 e. The van der Waals surface area contributed by atoms with E-state index in [1.54, 1.807) is 0 Å². The number of furan rings is 1. The van der Waals surface area contributed by atoms with Crippen molar-refractivity contribution in [3.63, 3.8) is 0 Å². The van der Waals surface area contributed by atoms with Crippen LogP contribution in [-0.2, 0) is 31.9 Å². The van der Waals surface area contributed by atoms with E-state index in [-0.39, 0.29) is 31.4 Å². The number of pyridine rings is 1. The number of para-hydroxylation sites is 2. The number of benzene rings is 7. The van der Waals surface area contributed by atoms with E-state index in [1.807, 2.05) is 36.4 Å². The Labute approximate surface area is 408 Å². The summed E-state index contributed by atoms with van der Waals surface area (Å²) in [4.78, 5) is 10.1. The molecule has 0 spiro atoms. The Kier molecular flexibility index (Phi) is 13.4. The summed E-state index contributed by atoms with van der Waals surface area (Å²) in [6.07, 6.45) is 3.24. The Hall–Kier alpha value is -5.65. The molecular formula is C61H58GeIrN2O-2. The van der Waals surface area contributed by atoms with E-state index < -0.39 is 13.3 Å². The maximum absolute atomic E-state index is 6.56. The summed E-state index contributed by atoms with van der Waals surface area (Å²) in [5.41, 5.74) is 17.0. The fraction of sp³-hybridized carbons (Fsp3) is 0.213. The van der Waals surface area contributed by atoms with Crippen LogP contribution in [0.3, 0.4) is 0 Å². The molecule has 1 atom stereocenters. The second-order valence-corrected chi connectivity index (χ2v) is 31.2. The van der Waals surface area contributed by atoms with Gasteiger partial charge < -0.3 is 4.42 Å². The number of rotatable bonds is 7. The number of aromatic nitrogens is 1. The Morgan fingerprint density at radius 3 is 1.88 bits per heavy atom. The van der Waals surface area contributed by atoms with Crippen LogP contribution in [0.5, 0.6) is 0 Å². The van der Waals surface area contributed by atoms with Gasteiger partial charge in [0.1, 0.15) is 5.58 Å². The third-order valence-corrected chi connectivity index (χ3v) is 16.7. The van der Waals surface area contributed by atoms with E-state index in [1.165, 1.54) is 48.9 Å². The maximum atomic E-state index is 6.56. The van der Waals surface area contributed by atoms with Crippen LogP contribution in [0, 0.1) is 17.5 Å². The summed E-state index contributed by atoms with van der Waals surface area (Å²) in [5.74, 6) is 7.20. The van der Waals surface area contributed by atoms with Crippen LogP contribution in [0.4, 0.5) is 5.69 Å². The van der Waals surface area contributed by atoms with Crippen molar-refractivity contribution in [2.24, 2.45) is 10.4 Å². The Morgan fingerprint density at radius 1 is 0.636 bits per heavy atom. The summed E-state index contributed by atoms with van der Waals surface area (Å²) in [5, 5.41) is 2.19. The molecule has 0 fully saturated rings. The van der Waals surface area contributed by atoms with Crippen LogP contribution in [0.15, 0.2) is 179 Å². The smallest absolute Gasteiger partial charge is 0.120 e. The zero-order chi connectivity index (χ0) is 45.5. The fourth-order valence-corrected chi connectivity index (χ4v) is 12.6. The number of fused-ring (bicyclic) bond motifs is 4.